The van der Waals surface area contributed by atoms with Crippen LogP contribution < -0.4 is 32.4 Å². The first-order valence-electron chi connectivity index (χ1n) is 16.2. The van der Waals surface area contributed by atoms with Crippen LogP contribution in [0.4, 0.5) is 22.7 Å². The number of phenolic OH excluding ortho intramolecular Hbond substituents is 1. The van der Waals surface area contributed by atoms with Crippen LogP contribution in [0.2, 0.25) is 0 Å². The van der Waals surface area contributed by atoms with Gasteiger partial charge in [-0.2, -0.15) is 43.9 Å². The first-order chi connectivity index (χ1) is 30.0. The smallest absolute Gasteiger partial charge is 0.397 e. The largest absolute Gasteiger partial charge is 0.504 e. The Hall–Kier alpha value is -5.23. The zero-order valence-electron chi connectivity index (χ0n) is 31.3. The van der Waals surface area contributed by atoms with Crippen LogP contribution in [-0.2, 0) is 78.2 Å². The minimum absolute atomic E-state index is 0.0200. The van der Waals surface area contributed by atoms with Crippen molar-refractivity contribution in [3.05, 3.63) is 91.8 Å². The summed E-state index contributed by atoms with van der Waals surface area (Å²) in [6, 6.07) is 7.63. The minimum atomic E-state index is -5.45. The van der Waals surface area contributed by atoms with E-state index in [-0.39, 0.29) is 12.3 Å². The van der Waals surface area contributed by atoms with Crippen molar-refractivity contribution < 1.29 is 96.8 Å². The molecule has 0 radical (unpaired) electrons. The highest BCUT2D eigenvalue weighted by Crippen LogP contribution is 2.31. The Morgan fingerprint density at radius 2 is 1.12 bits per heavy atom. The third kappa shape index (κ3) is 13.9. The monoisotopic (exact) mass is 1050 g/mol. The Bertz CT molecular complexity index is 3470. The molecule has 0 spiro atoms. The first-order valence-corrected chi connectivity index (χ1v) is 25.9. The fraction of sp³-hybridized carbons (Fsp3) is 0.143. The van der Waals surface area contributed by atoms with Crippen LogP contribution in [0.25, 0.3) is 0 Å². The van der Waals surface area contributed by atoms with Crippen molar-refractivity contribution in [1.29, 1.82) is 0 Å². The quantitative estimate of drug-likeness (QED) is 0.0129. The van der Waals surface area contributed by atoms with Gasteiger partial charge in [0.05, 0.1) is 45.9 Å². The number of hydrogen-bond acceptors (Lipinski definition) is 27. The van der Waals surface area contributed by atoms with Gasteiger partial charge < -0.3 is 5.11 Å². The van der Waals surface area contributed by atoms with E-state index >= 15 is 0 Å². The van der Waals surface area contributed by atoms with E-state index in [0.29, 0.717) is 30.3 Å². The summed E-state index contributed by atoms with van der Waals surface area (Å²) in [6.45, 7) is -1.78. The second-order valence-corrected chi connectivity index (χ2v) is 21.8. The molecule has 0 unspecified atom stereocenters. The van der Waals surface area contributed by atoms with Crippen LogP contribution in [0.3, 0.4) is 0 Å². The second kappa shape index (κ2) is 20.5. The molecule has 0 atom stereocenters. The van der Waals surface area contributed by atoms with Crippen molar-refractivity contribution in [2.75, 3.05) is 35.6 Å². The number of nitrogens with one attached hydrogen (secondary N) is 2. The molecule has 4 rings (SSSR count). The molecule has 0 heterocycles. The molecule has 0 aliphatic rings. The SMILES string of the molecule is O=c1c(N=Nc2ccc(S(=O)(=O)CCOSOOO)cc2S(=O)(=O)O)c(O)c(=NNc2ccc(S(=O)(=O)CCOS(=O)(=O)O)cc2S(=O)(=O)O)c(=O)c1=NNc1ccccc1S(=O)(=O)O. The zero-order chi connectivity index (χ0) is 48.8. The Morgan fingerprint density at radius 1 is 0.600 bits per heavy atom. The van der Waals surface area contributed by atoms with Crippen molar-refractivity contribution in [1.82, 2.24) is 0 Å². The molecule has 4 aromatic rings. The molecule has 30 nitrogen and oxygen atoms in total. The van der Waals surface area contributed by atoms with Crippen molar-refractivity contribution in [2.24, 2.45) is 20.4 Å². The molecule has 0 amide bonds. The van der Waals surface area contributed by atoms with E-state index < -0.39 is 160 Å². The van der Waals surface area contributed by atoms with E-state index in [1.165, 1.54) is 6.07 Å². The number of rotatable bonds is 21. The highest BCUT2D eigenvalue weighted by Gasteiger charge is 2.26. The molecule has 8 N–H and O–H groups in total. The molecule has 0 fully saturated rings. The summed E-state index contributed by atoms with van der Waals surface area (Å²) in [6.07, 6.45) is 0. The standard InChI is InChI=1S/C28H26N6O24S7/c35-26-23(32-29-17-3-1-2-4-20(17)62(43,44)45)27(36)25(34-31-19-8-6-16(14-22(19)64(49,50)51)61(41,42)12-10-56-65(52,53)54)28(37)24(26)33-30-18-7-5-15(13-21(18)63(46,47)48)60(39,40)11-9-55-59-58-57-38/h1-8,13-14,29,31,37-38H,9-12H2,(H,43,44,45)(H,46,47,48)(H,49,50,51)(H,52,53,54). The van der Waals surface area contributed by atoms with Crippen molar-refractivity contribution in [2.45, 2.75) is 24.5 Å². The number of para-hydroxylation sites is 1. The van der Waals surface area contributed by atoms with E-state index in [2.05, 4.69) is 38.2 Å². The Balaban J connectivity index is 1.94. The zero-order valence-corrected chi connectivity index (χ0v) is 37.0. The summed E-state index contributed by atoms with van der Waals surface area (Å²) in [5.74, 6) is -3.57. The average molecular weight is 1060 g/mol. The maximum absolute atomic E-state index is 13.7. The molecule has 0 saturated heterocycles. The van der Waals surface area contributed by atoms with Gasteiger partial charge in [-0.05, 0) is 48.5 Å². The molecule has 4 aromatic carbocycles. The average Bonchev–Trinajstić information content (AvgIpc) is 3.19. The minimum Gasteiger partial charge on any atom is -0.504 e. The van der Waals surface area contributed by atoms with Gasteiger partial charge >= 0.3 is 10.4 Å². The predicted octanol–water partition coefficient (Wildman–Crippen LogP) is -0.633. The molecule has 0 aliphatic heterocycles. The van der Waals surface area contributed by atoms with Crippen LogP contribution in [0, 0.1) is 0 Å². The number of azo groups is 1. The van der Waals surface area contributed by atoms with Crippen LogP contribution in [0.1, 0.15) is 0 Å². The van der Waals surface area contributed by atoms with Crippen LogP contribution >= 0.6 is 12.3 Å². The molecule has 354 valence electrons. The summed E-state index contributed by atoms with van der Waals surface area (Å²) in [4.78, 5) is 22.2. The molecule has 0 bridgehead atoms. The molecular weight excluding hydrogens is 1030 g/mol. The van der Waals surface area contributed by atoms with E-state index in [0.717, 1.165) is 24.3 Å². The highest BCUT2D eigenvalue weighted by atomic mass is 32.3. The van der Waals surface area contributed by atoms with Crippen LogP contribution in [-0.4, -0.2) is 104 Å². The van der Waals surface area contributed by atoms with Crippen molar-refractivity contribution in [3.8, 4) is 5.75 Å². The Kier molecular flexibility index (Phi) is 16.5. The lowest BCUT2D eigenvalue weighted by Crippen LogP contribution is -2.48. The van der Waals surface area contributed by atoms with Gasteiger partial charge in [-0.1, -0.05) is 17.2 Å². The topological polar surface area (TPSA) is 471 Å². The lowest BCUT2D eigenvalue weighted by molar-refractivity contribution is -0.434. The first kappa shape index (κ1) is 52.4. The Labute approximate surface area is 368 Å². The lowest BCUT2D eigenvalue weighted by Gasteiger charge is -2.10. The fourth-order valence-electron chi connectivity index (χ4n) is 4.75. The number of nitrogens with zero attached hydrogens (tertiary/aromatic N) is 4. The van der Waals surface area contributed by atoms with Crippen molar-refractivity contribution >= 4 is 95.5 Å². The number of benzene rings is 4. The molecule has 65 heavy (non-hydrogen) atoms. The third-order valence-corrected chi connectivity index (χ3v) is 14.5. The Morgan fingerprint density at radius 3 is 1.69 bits per heavy atom. The predicted molar refractivity (Wildman–Crippen MR) is 214 cm³/mol. The van der Waals surface area contributed by atoms with Crippen LogP contribution in [0.5, 0.6) is 5.75 Å². The maximum Gasteiger partial charge on any atom is 0.397 e. The number of phenols is 1. The second-order valence-electron chi connectivity index (χ2n) is 11.8. The summed E-state index contributed by atoms with van der Waals surface area (Å²) in [5.41, 5.74) is -3.15. The lowest BCUT2D eigenvalue weighted by atomic mass is 10.2. The van der Waals surface area contributed by atoms with Gasteiger partial charge in [0.1, 0.15) is 20.4 Å². The number of aromatic hydroxyl groups is 1. The van der Waals surface area contributed by atoms with E-state index in [9.17, 15) is 78.9 Å². The van der Waals surface area contributed by atoms with E-state index in [1.807, 2.05) is 10.9 Å². The van der Waals surface area contributed by atoms with Gasteiger partial charge in [0.2, 0.25) is 10.9 Å². The van der Waals surface area contributed by atoms with Crippen LogP contribution in [0.15, 0.2) is 115 Å². The number of anilines is 2. The van der Waals surface area contributed by atoms with Crippen molar-refractivity contribution in [3.63, 3.8) is 0 Å². The fourth-order valence-corrected chi connectivity index (χ4v) is 9.80. The van der Waals surface area contributed by atoms with Gasteiger partial charge in [0.15, 0.2) is 54.1 Å². The van der Waals surface area contributed by atoms with Gasteiger partial charge in [-0.25, -0.2) is 26.3 Å². The normalized spacial score (nSPS) is 13.7. The van der Waals surface area contributed by atoms with E-state index in [4.69, 9.17) is 9.81 Å². The molecule has 0 aromatic heterocycles. The summed E-state index contributed by atoms with van der Waals surface area (Å²) >= 11 is 0.0200. The summed E-state index contributed by atoms with van der Waals surface area (Å²) in [7, 11) is -30.0. The molecule has 0 saturated carbocycles. The van der Waals surface area contributed by atoms with Gasteiger partial charge in [-0.15, -0.1) is 14.6 Å². The van der Waals surface area contributed by atoms with Gasteiger partial charge in [0, 0.05) is 0 Å². The molecular formula is C28H26N6O24S7. The summed E-state index contributed by atoms with van der Waals surface area (Å²) < 4.78 is 197. The third-order valence-electron chi connectivity index (χ3n) is 7.59. The van der Waals surface area contributed by atoms with Gasteiger partial charge in [0.25, 0.3) is 30.4 Å². The number of hydrogen-bond donors (Lipinski definition) is 8. The van der Waals surface area contributed by atoms with Gasteiger partial charge in [-0.3, -0.25) is 42.8 Å². The maximum atomic E-state index is 13.7. The summed E-state index contributed by atoms with van der Waals surface area (Å²) in [5, 5.41) is 33.8. The highest BCUT2D eigenvalue weighted by molar-refractivity contribution is 7.92. The van der Waals surface area contributed by atoms with E-state index in [1.54, 1.807) is 0 Å². The number of sulfone groups is 2. The molecule has 37 heteroatoms. The molecule has 0 aliphatic carbocycles.